The minimum atomic E-state index is -0.180. The lowest BCUT2D eigenvalue weighted by Crippen LogP contribution is -2.46. The van der Waals surface area contributed by atoms with E-state index >= 15 is 0 Å². The summed E-state index contributed by atoms with van der Waals surface area (Å²) < 4.78 is 23.7. The average molecular weight is 312 g/mol. The van der Waals surface area contributed by atoms with Gasteiger partial charge in [0.15, 0.2) is 6.29 Å². The molecule has 4 heteroatoms. The van der Waals surface area contributed by atoms with Gasteiger partial charge in [-0.2, -0.15) is 0 Å². The summed E-state index contributed by atoms with van der Waals surface area (Å²) in [5, 5.41) is 0. The first kappa shape index (κ1) is 16.7. The summed E-state index contributed by atoms with van der Waals surface area (Å²) in [4.78, 5) is 0. The molecule has 0 radical (unpaired) electrons. The van der Waals surface area contributed by atoms with Gasteiger partial charge < -0.3 is 18.9 Å². The van der Waals surface area contributed by atoms with Crippen LogP contribution in [0.1, 0.15) is 64.7 Å². The highest BCUT2D eigenvalue weighted by molar-refractivity contribution is 4.84. The van der Waals surface area contributed by atoms with E-state index in [1.54, 1.807) is 0 Å². The Morgan fingerprint density at radius 2 is 1.50 bits per heavy atom. The van der Waals surface area contributed by atoms with Crippen molar-refractivity contribution in [2.24, 2.45) is 5.41 Å². The maximum atomic E-state index is 6.19. The monoisotopic (exact) mass is 312 g/mol. The Kier molecular flexibility index (Phi) is 6.14. The van der Waals surface area contributed by atoms with E-state index in [1.165, 1.54) is 51.4 Å². The third-order valence-corrected chi connectivity index (χ3v) is 5.52. The molecule has 1 heterocycles. The maximum absolute atomic E-state index is 6.19. The number of hydrogen-bond acceptors (Lipinski definition) is 4. The van der Waals surface area contributed by atoms with E-state index in [0.29, 0.717) is 18.8 Å². The van der Waals surface area contributed by atoms with Gasteiger partial charge in [0.2, 0.25) is 0 Å². The molecule has 128 valence electrons. The van der Waals surface area contributed by atoms with Crippen LogP contribution >= 0.6 is 0 Å². The highest BCUT2D eigenvalue weighted by Gasteiger charge is 2.37. The highest BCUT2D eigenvalue weighted by atomic mass is 16.7. The van der Waals surface area contributed by atoms with Crippen LogP contribution in [0.4, 0.5) is 0 Å². The van der Waals surface area contributed by atoms with Crippen LogP contribution in [0.5, 0.6) is 0 Å². The fourth-order valence-electron chi connectivity index (χ4n) is 3.74. The third kappa shape index (κ3) is 4.44. The second-order valence-electron chi connectivity index (χ2n) is 7.38. The minimum Gasteiger partial charge on any atom is -0.380 e. The largest absolute Gasteiger partial charge is 0.380 e. The van der Waals surface area contributed by atoms with Crippen molar-refractivity contribution in [3.05, 3.63) is 0 Å². The Bertz CT molecular complexity index is 294. The molecule has 0 bridgehead atoms. The number of hydrogen-bond donors (Lipinski definition) is 0. The van der Waals surface area contributed by atoms with Gasteiger partial charge >= 0.3 is 0 Å². The van der Waals surface area contributed by atoms with Gasteiger partial charge in [-0.15, -0.1) is 0 Å². The molecule has 1 aliphatic heterocycles. The molecule has 0 aromatic heterocycles. The average Bonchev–Trinajstić information content (AvgIpc) is 3.15. The summed E-state index contributed by atoms with van der Waals surface area (Å²) in [7, 11) is 0. The first-order valence-corrected chi connectivity index (χ1v) is 9.26. The molecular weight excluding hydrogens is 280 g/mol. The van der Waals surface area contributed by atoms with Crippen LogP contribution in [-0.2, 0) is 18.9 Å². The predicted octanol–water partition coefficient (Wildman–Crippen LogP) is 3.67. The van der Waals surface area contributed by atoms with Gasteiger partial charge in [-0.25, -0.2) is 0 Å². The predicted molar refractivity (Wildman–Crippen MR) is 84.8 cm³/mol. The summed E-state index contributed by atoms with van der Waals surface area (Å²) in [6.07, 6.45) is 11.6. The number of ether oxygens (including phenoxy) is 4. The van der Waals surface area contributed by atoms with Crippen molar-refractivity contribution in [3.8, 4) is 0 Å². The van der Waals surface area contributed by atoms with E-state index in [-0.39, 0.29) is 11.7 Å². The number of rotatable bonds is 9. The second kappa shape index (κ2) is 8.09. The van der Waals surface area contributed by atoms with Crippen LogP contribution in [-0.4, -0.2) is 44.9 Å². The van der Waals surface area contributed by atoms with Crippen LogP contribution < -0.4 is 0 Å². The Balaban J connectivity index is 1.44. The molecule has 0 aromatic rings. The molecule has 3 rings (SSSR count). The fourth-order valence-corrected chi connectivity index (χ4v) is 3.74. The van der Waals surface area contributed by atoms with Crippen LogP contribution in [0.3, 0.4) is 0 Å². The SMILES string of the molecule is CCC1(COCC(OC2CCCC2)OC2CCCC2)COC1. The smallest absolute Gasteiger partial charge is 0.181 e. The van der Waals surface area contributed by atoms with Crippen molar-refractivity contribution in [3.63, 3.8) is 0 Å². The molecular formula is C18H32O4. The van der Waals surface area contributed by atoms with Crippen molar-refractivity contribution in [1.29, 1.82) is 0 Å². The minimum absolute atomic E-state index is 0.180. The standard InChI is InChI=1S/C18H32O4/c1-2-18(13-20-14-18)12-19-11-17(21-15-7-3-4-8-15)22-16-9-5-6-10-16/h15-17H,2-14H2,1H3. The molecule has 2 saturated carbocycles. The molecule has 4 nitrogen and oxygen atoms in total. The highest BCUT2D eigenvalue weighted by Crippen LogP contribution is 2.32. The molecule has 3 fully saturated rings. The lowest BCUT2D eigenvalue weighted by atomic mass is 9.84. The first-order valence-electron chi connectivity index (χ1n) is 9.26. The van der Waals surface area contributed by atoms with E-state index < -0.39 is 0 Å². The summed E-state index contributed by atoms with van der Waals surface area (Å²) in [5.41, 5.74) is 0.241. The van der Waals surface area contributed by atoms with Gasteiger partial charge in [0.1, 0.15) is 0 Å². The molecule has 0 amide bonds. The van der Waals surface area contributed by atoms with E-state index in [1.807, 2.05) is 0 Å². The van der Waals surface area contributed by atoms with Crippen molar-refractivity contribution in [1.82, 2.24) is 0 Å². The topological polar surface area (TPSA) is 36.9 Å². The Morgan fingerprint density at radius 3 is 1.91 bits per heavy atom. The van der Waals surface area contributed by atoms with Crippen LogP contribution in [0.15, 0.2) is 0 Å². The zero-order chi connectivity index (χ0) is 15.3. The van der Waals surface area contributed by atoms with Gasteiger partial charge in [-0.1, -0.05) is 32.6 Å². The lowest BCUT2D eigenvalue weighted by Gasteiger charge is -2.40. The third-order valence-electron chi connectivity index (χ3n) is 5.52. The van der Waals surface area contributed by atoms with E-state index in [9.17, 15) is 0 Å². The van der Waals surface area contributed by atoms with Crippen molar-refractivity contribution >= 4 is 0 Å². The zero-order valence-electron chi connectivity index (χ0n) is 14.1. The van der Waals surface area contributed by atoms with Crippen molar-refractivity contribution < 1.29 is 18.9 Å². The van der Waals surface area contributed by atoms with Crippen molar-refractivity contribution in [2.75, 3.05) is 26.4 Å². The summed E-state index contributed by atoms with van der Waals surface area (Å²) in [6.45, 7) is 5.21. The van der Waals surface area contributed by atoms with Crippen LogP contribution in [0.25, 0.3) is 0 Å². The Hall–Kier alpha value is -0.160. The summed E-state index contributed by atoms with van der Waals surface area (Å²) >= 11 is 0. The normalized spacial score (nSPS) is 25.9. The molecule has 0 N–H and O–H groups in total. The zero-order valence-corrected chi connectivity index (χ0v) is 14.1. The molecule has 0 spiro atoms. The van der Waals surface area contributed by atoms with E-state index in [4.69, 9.17) is 18.9 Å². The summed E-state index contributed by atoms with van der Waals surface area (Å²) in [5.74, 6) is 0. The van der Waals surface area contributed by atoms with Crippen molar-refractivity contribution in [2.45, 2.75) is 83.2 Å². The second-order valence-corrected chi connectivity index (χ2v) is 7.38. The van der Waals surface area contributed by atoms with Crippen LogP contribution in [0, 0.1) is 5.41 Å². The van der Waals surface area contributed by atoms with E-state index in [2.05, 4.69) is 6.92 Å². The van der Waals surface area contributed by atoms with Gasteiger partial charge in [-0.05, 0) is 32.1 Å². The molecule has 0 atom stereocenters. The van der Waals surface area contributed by atoms with Gasteiger partial charge in [0.05, 0.1) is 38.6 Å². The molecule has 2 aliphatic carbocycles. The first-order chi connectivity index (χ1) is 10.8. The quantitative estimate of drug-likeness (QED) is 0.609. The van der Waals surface area contributed by atoms with Crippen LogP contribution in [0.2, 0.25) is 0 Å². The fraction of sp³-hybridized carbons (Fsp3) is 1.00. The molecule has 22 heavy (non-hydrogen) atoms. The van der Waals surface area contributed by atoms with Gasteiger partial charge in [0.25, 0.3) is 0 Å². The van der Waals surface area contributed by atoms with Gasteiger partial charge in [-0.3, -0.25) is 0 Å². The summed E-state index contributed by atoms with van der Waals surface area (Å²) in [6, 6.07) is 0. The maximum Gasteiger partial charge on any atom is 0.181 e. The Morgan fingerprint density at radius 1 is 0.955 bits per heavy atom. The van der Waals surface area contributed by atoms with Gasteiger partial charge in [0, 0.05) is 5.41 Å². The lowest BCUT2D eigenvalue weighted by molar-refractivity contribution is -0.227. The molecule has 0 aromatic carbocycles. The molecule has 1 saturated heterocycles. The molecule has 3 aliphatic rings. The Labute approximate surface area is 134 Å². The molecule has 0 unspecified atom stereocenters. The van der Waals surface area contributed by atoms with E-state index in [0.717, 1.165) is 26.2 Å².